The Morgan fingerprint density at radius 2 is 2.04 bits per heavy atom. The van der Waals surface area contributed by atoms with Crippen molar-refractivity contribution in [2.24, 2.45) is 0 Å². The summed E-state index contributed by atoms with van der Waals surface area (Å²) >= 11 is 0. The lowest BCUT2D eigenvalue weighted by atomic mass is 10.1. The zero-order valence-corrected chi connectivity index (χ0v) is 15.3. The van der Waals surface area contributed by atoms with Gasteiger partial charge in [-0.05, 0) is 58.0 Å². The zero-order chi connectivity index (χ0) is 17.7. The van der Waals surface area contributed by atoms with Gasteiger partial charge in [-0.15, -0.1) is 0 Å². The van der Waals surface area contributed by atoms with Crippen molar-refractivity contribution in [3.8, 4) is 6.07 Å². The van der Waals surface area contributed by atoms with Crippen LogP contribution in [0, 0.1) is 25.2 Å². The van der Waals surface area contributed by atoms with E-state index in [0.717, 1.165) is 50.3 Å². The molecule has 1 amide bonds. The molecule has 24 heavy (non-hydrogen) atoms. The van der Waals surface area contributed by atoms with Crippen molar-refractivity contribution in [1.82, 2.24) is 14.4 Å². The Balaban J connectivity index is 2.24. The third kappa shape index (κ3) is 4.07. The fraction of sp³-hybridized carbons (Fsp3) is 0.579. The minimum atomic E-state index is -0.145. The topological polar surface area (TPSA) is 52.3 Å². The number of aryl methyl sites for hydroxylation is 1. The summed E-state index contributed by atoms with van der Waals surface area (Å²) in [6, 6.07) is 4.18. The van der Waals surface area contributed by atoms with Gasteiger partial charge in [0, 0.05) is 37.6 Å². The SMILES string of the molecule is CCCn1c(C)cc(/C=C(/C#N)C(=O)N2CCCN(C)CC2)c1C. The minimum Gasteiger partial charge on any atom is -0.349 e. The molecular formula is C19H28N4O. The van der Waals surface area contributed by atoms with E-state index in [1.807, 2.05) is 4.90 Å². The molecule has 0 bridgehead atoms. The summed E-state index contributed by atoms with van der Waals surface area (Å²) in [5, 5.41) is 9.50. The van der Waals surface area contributed by atoms with E-state index in [1.165, 1.54) is 5.69 Å². The Hall–Kier alpha value is -2.06. The molecule has 2 heterocycles. The van der Waals surface area contributed by atoms with Gasteiger partial charge in [0.15, 0.2) is 0 Å². The van der Waals surface area contributed by atoms with Gasteiger partial charge in [0.2, 0.25) is 0 Å². The van der Waals surface area contributed by atoms with Crippen LogP contribution in [0.4, 0.5) is 0 Å². The van der Waals surface area contributed by atoms with E-state index in [-0.39, 0.29) is 11.5 Å². The second-order valence-electron chi connectivity index (χ2n) is 6.60. The van der Waals surface area contributed by atoms with Crippen molar-refractivity contribution < 1.29 is 4.79 Å². The molecule has 0 atom stereocenters. The van der Waals surface area contributed by atoms with Gasteiger partial charge in [0.1, 0.15) is 11.6 Å². The maximum absolute atomic E-state index is 12.7. The highest BCUT2D eigenvalue weighted by Gasteiger charge is 2.21. The number of rotatable bonds is 4. The smallest absolute Gasteiger partial charge is 0.264 e. The molecule has 1 fully saturated rings. The van der Waals surface area contributed by atoms with E-state index < -0.39 is 0 Å². The molecule has 0 unspecified atom stereocenters. The van der Waals surface area contributed by atoms with Gasteiger partial charge in [-0.2, -0.15) is 5.26 Å². The summed E-state index contributed by atoms with van der Waals surface area (Å²) in [5.41, 5.74) is 3.49. The molecule has 0 aromatic carbocycles. The summed E-state index contributed by atoms with van der Waals surface area (Å²) < 4.78 is 2.24. The van der Waals surface area contributed by atoms with E-state index in [1.54, 1.807) is 6.08 Å². The fourth-order valence-corrected chi connectivity index (χ4v) is 3.26. The summed E-state index contributed by atoms with van der Waals surface area (Å²) in [4.78, 5) is 16.8. The highest BCUT2D eigenvalue weighted by Crippen LogP contribution is 2.19. The summed E-state index contributed by atoms with van der Waals surface area (Å²) in [5.74, 6) is -0.145. The van der Waals surface area contributed by atoms with Gasteiger partial charge in [-0.3, -0.25) is 4.79 Å². The fourth-order valence-electron chi connectivity index (χ4n) is 3.26. The van der Waals surface area contributed by atoms with Crippen LogP contribution in [-0.4, -0.2) is 53.5 Å². The highest BCUT2D eigenvalue weighted by molar-refractivity contribution is 6.01. The lowest BCUT2D eigenvalue weighted by Crippen LogP contribution is -2.35. The molecule has 0 saturated carbocycles. The van der Waals surface area contributed by atoms with Gasteiger partial charge in [0.25, 0.3) is 5.91 Å². The van der Waals surface area contributed by atoms with Crippen molar-refractivity contribution in [3.05, 3.63) is 28.6 Å². The average Bonchev–Trinajstić information content (AvgIpc) is 2.72. The maximum Gasteiger partial charge on any atom is 0.264 e. The Morgan fingerprint density at radius 1 is 1.29 bits per heavy atom. The van der Waals surface area contributed by atoms with Crippen molar-refractivity contribution >= 4 is 12.0 Å². The number of amides is 1. The molecule has 0 N–H and O–H groups in total. The first-order valence-corrected chi connectivity index (χ1v) is 8.74. The zero-order valence-electron chi connectivity index (χ0n) is 15.3. The standard InChI is InChI=1S/C19H28N4O/c1-5-7-23-15(2)12-17(16(23)3)13-18(14-20)19(24)22-9-6-8-21(4)10-11-22/h12-13H,5-11H2,1-4H3/b18-13-. The van der Waals surface area contributed by atoms with Crippen LogP contribution < -0.4 is 0 Å². The van der Waals surface area contributed by atoms with Crippen molar-refractivity contribution in [2.75, 3.05) is 33.2 Å². The van der Waals surface area contributed by atoms with Gasteiger partial charge in [-0.25, -0.2) is 0 Å². The van der Waals surface area contributed by atoms with E-state index in [9.17, 15) is 10.1 Å². The number of carbonyl (C=O) groups is 1. The third-order valence-electron chi connectivity index (χ3n) is 4.72. The van der Waals surface area contributed by atoms with Crippen molar-refractivity contribution in [2.45, 2.75) is 40.2 Å². The molecule has 5 heteroatoms. The van der Waals surface area contributed by atoms with Crippen LogP contribution in [0.1, 0.15) is 36.7 Å². The monoisotopic (exact) mass is 328 g/mol. The Bertz CT molecular complexity index is 666. The first-order valence-electron chi connectivity index (χ1n) is 8.74. The average molecular weight is 328 g/mol. The highest BCUT2D eigenvalue weighted by atomic mass is 16.2. The quantitative estimate of drug-likeness (QED) is 0.630. The first-order chi connectivity index (χ1) is 11.5. The van der Waals surface area contributed by atoms with Gasteiger partial charge in [0.05, 0.1) is 0 Å². The molecule has 5 nitrogen and oxygen atoms in total. The summed E-state index contributed by atoms with van der Waals surface area (Å²) in [7, 11) is 2.07. The number of carbonyl (C=O) groups excluding carboxylic acids is 1. The van der Waals surface area contributed by atoms with Crippen LogP contribution >= 0.6 is 0 Å². The second-order valence-corrected chi connectivity index (χ2v) is 6.60. The van der Waals surface area contributed by atoms with Gasteiger partial charge < -0.3 is 14.4 Å². The molecule has 1 saturated heterocycles. The number of nitrogens with zero attached hydrogens (tertiary/aromatic N) is 4. The molecule has 0 aliphatic carbocycles. The number of hydrogen-bond donors (Lipinski definition) is 0. The molecule has 1 aliphatic heterocycles. The van der Waals surface area contributed by atoms with Crippen LogP contribution in [0.15, 0.2) is 11.6 Å². The lowest BCUT2D eigenvalue weighted by Gasteiger charge is -2.20. The van der Waals surface area contributed by atoms with E-state index in [4.69, 9.17) is 0 Å². The summed E-state index contributed by atoms with van der Waals surface area (Å²) in [6.45, 7) is 10.5. The maximum atomic E-state index is 12.7. The van der Waals surface area contributed by atoms with E-state index in [2.05, 4.69) is 49.4 Å². The Morgan fingerprint density at radius 3 is 2.71 bits per heavy atom. The largest absolute Gasteiger partial charge is 0.349 e. The number of nitriles is 1. The van der Waals surface area contributed by atoms with Gasteiger partial charge in [-0.1, -0.05) is 6.92 Å². The Labute approximate surface area is 145 Å². The van der Waals surface area contributed by atoms with Crippen LogP contribution in [0.25, 0.3) is 6.08 Å². The van der Waals surface area contributed by atoms with Gasteiger partial charge >= 0.3 is 0 Å². The molecule has 1 aromatic heterocycles. The van der Waals surface area contributed by atoms with Crippen molar-refractivity contribution in [1.29, 1.82) is 5.26 Å². The molecule has 130 valence electrons. The number of likely N-dealkylation sites (N-methyl/N-ethyl adjacent to an activating group) is 1. The van der Waals surface area contributed by atoms with Crippen LogP contribution in [0.3, 0.4) is 0 Å². The first kappa shape index (κ1) is 18.3. The minimum absolute atomic E-state index is 0.145. The van der Waals surface area contributed by atoms with Crippen LogP contribution in [0.2, 0.25) is 0 Å². The van der Waals surface area contributed by atoms with Crippen molar-refractivity contribution in [3.63, 3.8) is 0 Å². The van der Waals surface area contributed by atoms with Crippen LogP contribution in [0.5, 0.6) is 0 Å². The summed E-state index contributed by atoms with van der Waals surface area (Å²) in [6.07, 6.45) is 3.77. The van der Waals surface area contributed by atoms with Crippen LogP contribution in [-0.2, 0) is 11.3 Å². The molecule has 2 rings (SSSR count). The second kappa shape index (κ2) is 8.16. The van der Waals surface area contributed by atoms with E-state index in [0.29, 0.717) is 6.54 Å². The number of hydrogen-bond acceptors (Lipinski definition) is 3. The normalized spacial score (nSPS) is 16.8. The van der Waals surface area contributed by atoms with E-state index >= 15 is 0 Å². The molecule has 0 radical (unpaired) electrons. The molecule has 0 spiro atoms. The Kier molecular flexibility index (Phi) is 6.22. The predicted molar refractivity (Wildman–Crippen MR) is 96.5 cm³/mol. The predicted octanol–water partition coefficient (Wildman–Crippen LogP) is 2.59. The third-order valence-corrected chi connectivity index (χ3v) is 4.72. The number of aromatic nitrogens is 1. The molecule has 1 aliphatic rings. The molecular weight excluding hydrogens is 300 g/mol. The molecule has 1 aromatic rings. The lowest BCUT2D eigenvalue weighted by molar-refractivity contribution is -0.126.